The standard InChI is InChI=1S/C10H12N6O3S/c1-19-8-4-6(2-3-9(8)20(14,17)18)15-16-7(5-11)10(12)13/h2-4,15H,1H3,(H3,12,13)(H2,14,17,18)/b16-7+. The largest absolute Gasteiger partial charge is 0.495 e. The molecule has 0 fully saturated rings. The Morgan fingerprint density at radius 3 is 2.65 bits per heavy atom. The minimum atomic E-state index is -3.91. The molecule has 10 heteroatoms. The molecular weight excluding hydrogens is 284 g/mol. The van der Waals surface area contributed by atoms with Crippen LogP contribution in [0, 0.1) is 16.7 Å². The van der Waals surface area contributed by atoms with Crippen molar-refractivity contribution in [3.63, 3.8) is 0 Å². The Balaban J connectivity index is 3.13. The van der Waals surface area contributed by atoms with E-state index in [1.807, 2.05) is 0 Å². The zero-order valence-corrected chi connectivity index (χ0v) is 11.2. The number of ether oxygens (including phenoxy) is 1. The molecule has 106 valence electrons. The van der Waals surface area contributed by atoms with Gasteiger partial charge in [0, 0.05) is 6.07 Å². The molecule has 6 N–H and O–H groups in total. The fourth-order valence-corrected chi connectivity index (χ4v) is 1.92. The summed E-state index contributed by atoms with van der Waals surface area (Å²) in [7, 11) is -2.62. The van der Waals surface area contributed by atoms with Crippen LogP contribution in [0.5, 0.6) is 5.75 Å². The first-order chi connectivity index (χ1) is 9.29. The van der Waals surface area contributed by atoms with Crippen LogP contribution in [-0.4, -0.2) is 27.1 Å². The van der Waals surface area contributed by atoms with Crippen LogP contribution in [0.3, 0.4) is 0 Å². The highest BCUT2D eigenvalue weighted by molar-refractivity contribution is 7.89. The molecule has 0 aliphatic rings. The molecule has 0 aliphatic heterocycles. The van der Waals surface area contributed by atoms with Crippen molar-refractivity contribution in [2.75, 3.05) is 12.5 Å². The first-order valence-electron chi connectivity index (χ1n) is 5.08. The van der Waals surface area contributed by atoms with E-state index in [9.17, 15) is 8.42 Å². The maximum absolute atomic E-state index is 11.3. The molecule has 0 saturated heterocycles. The lowest BCUT2D eigenvalue weighted by molar-refractivity contribution is 0.403. The van der Waals surface area contributed by atoms with Gasteiger partial charge in [0.2, 0.25) is 15.7 Å². The number of benzene rings is 1. The molecule has 0 amide bonds. The van der Waals surface area contributed by atoms with Crippen molar-refractivity contribution in [1.82, 2.24) is 0 Å². The third-order valence-electron chi connectivity index (χ3n) is 2.13. The molecule has 0 heterocycles. The molecule has 0 radical (unpaired) electrons. The van der Waals surface area contributed by atoms with E-state index >= 15 is 0 Å². The lowest BCUT2D eigenvalue weighted by atomic mass is 10.3. The number of amidine groups is 1. The molecule has 1 aromatic rings. The van der Waals surface area contributed by atoms with Crippen molar-refractivity contribution in [2.45, 2.75) is 4.90 Å². The first kappa shape index (κ1) is 15.4. The second-order valence-corrected chi connectivity index (χ2v) is 5.04. The van der Waals surface area contributed by atoms with Gasteiger partial charge < -0.3 is 10.5 Å². The highest BCUT2D eigenvalue weighted by atomic mass is 32.2. The van der Waals surface area contributed by atoms with E-state index in [0.717, 1.165) is 0 Å². The van der Waals surface area contributed by atoms with Crippen molar-refractivity contribution in [3.05, 3.63) is 18.2 Å². The van der Waals surface area contributed by atoms with Crippen LogP contribution in [0.15, 0.2) is 28.2 Å². The van der Waals surface area contributed by atoms with Crippen LogP contribution in [0.4, 0.5) is 5.69 Å². The Hall–Kier alpha value is -2.64. The number of rotatable bonds is 5. The third kappa shape index (κ3) is 3.67. The van der Waals surface area contributed by atoms with Crippen molar-refractivity contribution in [2.24, 2.45) is 16.0 Å². The summed E-state index contributed by atoms with van der Waals surface area (Å²) in [5, 5.41) is 24.4. The van der Waals surface area contributed by atoms with Gasteiger partial charge in [-0.1, -0.05) is 0 Å². The van der Waals surface area contributed by atoms with Gasteiger partial charge in [0.25, 0.3) is 0 Å². The molecule has 0 unspecified atom stereocenters. The van der Waals surface area contributed by atoms with E-state index in [0.29, 0.717) is 5.69 Å². The monoisotopic (exact) mass is 296 g/mol. The quantitative estimate of drug-likeness (QED) is 0.326. The van der Waals surface area contributed by atoms with E-state index in [1.165, 1.54) is 25.3 Å². The fraction of sp³-hybridized carbons (Fsp3) is 0.100. The number of nitrogens with one attached hydrogen (secondary N) is 2. The molecule has 0 atom stereocenters. The Labute approximate surface area is 115 Å². The van der Waals surface area contributed by atoms with Crippen LogP contribution in [-0.2, 0) is 10.0 Å². The minimum absolute atomic E-state index is 0.0223. The highest BCUT2D eigenvalue weighted by Gasteiger charge is 2.15. The van der Waals surface area contributed by atoms with Gasteiger partial charge in [-0.3, -0.25) is 10.8 Å². The number of primary sulfonamides is 1. The summed E-state index contributed by atoms with van der Waals surface area (Å²) in [5.74, 6) is -0.470. The van der Waals surface area contributed by atoms with Gasteiger partial charge in [0.05, 0.1) is 12.8 Å². The van der Waals surface area contributed by atoms with Crippen molar-refractivity contribution >= 4 is 27.3 Å². The van der Waals surface area contributed by atoms with Crippen LogP contribution < -0.4 is 21.0 Å². The Morgan fingerprint density at radius 2 is 2.20 bits per heavy atom. The molecule has 9 nitrogen and oxygen atoms in total. The Kier molecular flexibility index (Phi) is 4.63. The summed E-state index contributed by atoms with van der Waals surface area (Å²) in [4.78, 5) is -0.179. The summed E-state index contributed by atoms with van der Waals surface area (Å²) < 4.78 is 27.5. The Bertz CT molecular complexity index is 704. The molecule has 0 aromatic heterocycles. The van der Waals surface area contributed by atoms with E-state index in [2.05, 4.69) is 10.5 Å². The number of hydrogen-bond donors (Lipinski definition) is 4. The maximum atomic E-state index is 11.3. The second kappa shape index (κ2) is 6.00. The van der Waals surface area contributed by atoms with E-state index in [1.54, 1.807) is 6.07 Å². The smallest absolute Gasteiger partial charge is 0.241 e. The van der Waals surface area contributed by atoms with Gasteiger partial charge in [-0.2, -0.15) is 10.4 Å². The number of hydrogen-bond acceptors (Lipinski definition) is 7. The summed E-state index contributed by atoms with van der Waals surface area (Å²) in [5.41, 5.74) is 7.61. The zero-order chi connectivity index (χ0) is 15.3. The zero-order valence-electron chi connectivity index (χ0n) is 10.4. The summed E-state index contributed by atoms with van der Waals surface area (Å²) in [6, 6.07) is 5.56. The van der Waals surface area contributed by atoms with Gasteiger partial charge in [0.15, 0.2) is 5.84 Å². The highest BCUT2D eigenvalue weighted by Crippen LogP contribution is 2.26. The molecule has 0 spiro atoms. The molecule has 1 rings (SSSR count). The van der Waals surface area contributed by atoms with Gasteiger partial charge in [-0.25, -0.2) is 13.6 Å². The maximum Gasteiger partial charge on any atom is 0.241 e. The molecule has 0 saturated carbocycles. The number of methoxy groups -OCH3 is 1. The predicted octanol–water partition coefficient (Wildman–Crippen LogP) is -0.430. The van der Waals surface area contributed by atoms with E-state index in [4.69, 9.17) is 26.3 Å². The molecule has 1 aromatic carbocycles. The lowest BCUT2D eigenvalue weighted by Gasteiger charge is -2.08. The molecular formula is C10H12N6O3S. The number of nitriles is 1. The second-order valence-electron chi connectivity index (χ2n) is 3.51. The van der Waals surface area contributed by atoms with Gasteiger partial charge in [0.1, 0.15) is 16.7 Å². The van der Waals surface area contributed by atoms with Crippen molar-refractivity contribution in [3.8, 4) is 11.8 Å². The topological polar surface area (TPSA) is 167 Å². The molecule has 20 heavy (non-hydrogen) atoms. The van der Waals surface area contributed by atoms with Crippen LogP contribution in [0.25, 0.3) is 0 Å². The SMILES string of the molecule is COc1cc(N/N=C(\C#N)C(=N)N)ccc1S(N)(=O)=O. The summed E-state index contributed by atoms with van der Waals surface area (Å²) in [6.45, 7) is 0. The van der Waals surface area contributed by atoms with Crippen LogP contribution in [0.2, 0.25) is 0 Å². The number of anilines is 1. The average molecular weight is 296 g/mol. The predicted molar refractivity (Wildman–Crippen MR) is 73.0 cm³/mol. The van der Waals surface area contributed by atoms with Crippen LogP contribution in [0.1, 0.15) is 0 Å². The first-order valence-corrected chi connectivity index (χ1v) is 6.63. The van der Waals surface area contributed by atoms with E-state index < -0.39 is 15.9 Å². The summed E-state index contributed by atoms with van der Waals surface area (Å²) >= 11 is 0. The summed E-state index contributed by atoms with van der Waals surface area (Å²) in [6.07, 6.45) is 0. The van der Waals surface area contributed by atoms with Gasteiger partial charge in [-0.05, 0) is 12.1 Å². The fourth-order valence-electron chi connectivity index (χ4n) is 1.24. The normalized spacial score (nSPS) is 11.6. The minimum Gasteiger partial charge on any atom is -0.495 e. The number of hydrazone groups is 1. The third-order valence-corrected chi connectivity index (χ3v) is 3.08. The average Bonchev–Trinajstić information content (AvgIpc) is 2.37. The Morgan fingerprint density at radius 1 is 1.55 bits per heavy atom. The van der Waals surface area contributed by atoms with Crippen molar-refractivity contribution < 1.29 is 13.2 Å². The molecule has 0 bridgehead atoms. The van der Waals surface area contributed by atoms with Gasteiger partial charge in [-0.15, -0.1) is 0 Å². The lowest BCUT2D eigenvalue weighted by Crippen LogP contribution is -2.21. The number of nitrogens with zero attached hydrogens (tertiary/aromatic N) is 2. The van der Waals surface area contributed by atoms with Crippen LogP contribution >= 0.6 is 0 Å². The number of sulfonamides is 1. The van der Waals surface area contributed by atoms with Crippen molar-refractivity contribution in [1.29, 1.82) is 10.7 Å². The number of nitrogens with two attached hydrogens (primary N) is 2. The molecule has 0 aliphatic carbocycles. The van der Waals surface area contributed by atoms with Gasteiger partial charge >= 0.3 is 0 Å². The van der Waals surface area contributed by atoms with E-state index in [-0.39, 0.29) is 16.4 Å².